The summed E-state index contributed by atoms with van der Waals surface area (Å²) >= 11 is 1.43. The lowest BCUT2D eigenvalue weighted by Crippen LogP contribution is -2.47. The highest BCUT2D eigenvalue weighted by Crippen LogP contribution is 2.24. The molecule has 0 aromatic carbocycles. The van der Waals surface area contributed by atoms with Crippen molar-refractivity contribution in [1.29, 1.82) is 0 Å². The quantitative estimate of drug-likeness (QED) is 0.890. The lowest BCUT2D eigenvalue weighted by atomic mass is 10.2. The van der Waals surface area contributed by atoms with Crippen molar-refractivity contribution >= 4 is 35.6 Å². The molecular formula is C14H20ClN3O2S. The molecule has 2 fully saturated rings. The van der Waals surface area contributed by atoms with E-state index in [1.807, 2.05) is 22.4 Å². The van der Waals surface area contributed by atoms with Gasteiger partial charge in [-0.25, -0.2) is 0 Å². The summed E-state index contributed by atoms with van der Waals surface area (Å²) in [6.45, 7) is 2.01. The fourth-order valence-electron chi connectivity index (χ4n) is 3.01. The van der Waals surface area contributed by atoms with Crippen LogP contribution in [0.4, 0.5) is 0 Å². The Labute approximate surface area is 134 Å². The van der Waals surface area contributed by atoms with Gasteiger partial charge < -0.3 is 15.5 Å². The minimum absolute atomic E-state index is 0. The van der Waals surface area contributed by atoms with Crippen LogP contribution in [0.1, 0.15) is 28.9 Å². The number of hydrogen-bond acceptors (Lipinski definition) is 4. The van der Waals surface area contributed by atoms with Gasteiger partial charge in [0.05, 0.1) is 4.88 Å². The number of rotatable bonds is 2. The molecule has 1 unspecified atom stereocenters. The zero-order valence-corrected chi connectivity index (χ0v) is 13.4. The third kappa shape index (κ3) is 3.22. The predicted molar refractivity (Wildman–Crippen MR) is 84.8 cm³/mol. The van der Waals surface area contributed by atoms with Crippen LogP contribution >= 0.6 is 23.7 Å². The third-order valence-electron chi connectivity index (χ3n) is 4.07. The molecule has 2 aliphatic heterocycles. The van der Waals surface area contributed by atoms with E-state index < -0.39 is 0 Å². The summed E-state index contributed by atoms with van der Waals surface area (Å²) in [5.41, 5.74) is 5.86. The van der Waals surface area contributed by atoms with Gasteiger partial charge in [-0.15, -0.1) is 23.7 Å². The van der Waals surface area contributed by atoms with E-state index in [0.717, 1.165) is 25.8 Å². The third-order valence-corrected chi connectivity index (χ3v) is 4.92. The molecule has 2 aliphatic rings. The van der Waals surface area contributed by atoms with Gasteiger partial charge >= 0.3 is 0 Å². The largest absolute Gasteiger partial charge is 0.339 e. The molecular weight excluding hydrogens is 310 g/mol. The lowest BCUT2D eigenvalue weighted by molar-refractivity contribution is -0.134. The molecule has 21 heavy (non-hydrogen) atoms. The molecule has 116 valence electrons. The Morgan fingerprint density at radius 2 is 2.10 bits per heavy atom. The normalized spacial score (nSPS) is 25.0. The number of halogens is 1. The van der Waals surface area contributed by atoms with Crippen molar-refractivity contribution in [3.8, 4) is 0 Å². The first-order valence-electron chi connectivity index (χ1n) is 7.05. The summed E-state index contributed by atoms with van der Waals surface area (Å²) in [7, 11) is 0. The fraction of sp³-hybridized carbons (Fsp3) is 0.571. The summed E-state index contributed by atoms with van der Waals surface area (Å²) in [6.07, 6.45) is 2.52. The zero-order valence-electron chi connectivity index (χ0n) is 11.7. The molecule has 2 saturated heterocycles. The van der Waals surface area contributed by atoms with Crippen molar-refractivity contribution in [3.05, 3.63) is 22.4 Å². The topological polar surface area (TPSA) is 66.6 Å². The smallest absolute Gasteiger partial charge is 0.264 e. The minimum atomic E-state index is -0.296. The second-order valence-corrected chi connectivity index (χ2v) is 6.41. The van der Waals surface area contributed by atoms with Gasteiger partial charge in [0.15, 0.2) is 0 Å². The highest BCUT2D eigenvalue weighted by Gasteiger charge is 2.38. The maximum absolute atomic E-state index is 12.6. The van der Waals surface area contributed by atoms with E-state index in [4.69, 9.17) is 5.73 Å². The number of carbonyl (C=O) groups is 2. The molecule has 2 atom stereocenters. The number of amides is 2. The number of thiophene rings is 1. The maximum Gasteiger partial charge on any atom is 0.264 e. The van der Waals surface area contributed by atoms with Crippen molar-refractivity contribution in [2.24, 2.45) is 5.73 Å². The average molecular weight is 330 g/mol. The summed E-state index contributed by atoms with van der Waals surface area (Å²) < 4.78 is 0. The maximum atomic E-state index is 12.6. The SMILES string of the molecule is Cl.N[C@@H]1CCN(C(=O)C2CCCN2C(=O)c2cccs2)C1. The van der Waals surface area contributed by atoms with Crippen LogP contribution in [0.5, 0.6) is 0 Å². The molecule has 0 bridgehead atoms. The number of hydrogen-bond donors (Lipinski definition) is 1. The number of carbonyl (C=O) groups excluding carboxylic acids is 2. The van der Waals surface area contributed by atoms with Gasteiger partial charge in [-0.1, -0.05) is 6.07 Å². The Hall–Kier alpha value is -1.11. The average Bonchev–Trinajstić information content (AvgIpc) is 3.18. The Morgan fingerprint density at radius 1 is 1.29 bits per heavy atom. The van der Waals surface area contributed by atoms with Crippen LogP contribution in [0.2, 0.25) is 0 Å². The van der Waals surface area contributed by atoms with Crippen LogP contribution in [-0.2, 0) is 4.79 Å². The van der Waals surface area contributed by atoms with Gasteiger partial charge in [-0.2, -0.15) is 0 Å². The Balaban J connectivity index is 0.00000161. The van der Waals surface area contributed by atoms with Crippen molar-refractivity contribution in [3.63, 3.8) is 0 Å². The van der Waals surface area contributed by atoms with Gasteiger partial charge in [-0.05, 0) is 30.7 Å². The van der Waals surface area contributed by atoms with E-state index in [1.165, 1.54) is 11.3 Å². The van der Waals surface area contributed by atoms with Gasteiger partial charge in [-0.3, -0.25) is 9.59 Å². The molecule has 0 saturated carbocycles. The molecule has 0 radical (unpaired) electrons. The molecule has 2 N–H and O–H groups in total. The van der Waals surface area contributed by atoms with E-state index in [9.17, 15) is 9.59 Å². The summed E-state index contributed by atoms with van der Waals surface area (Å²) in [6, 6.07) is 3.47. The van der Waals surface area contributed by atoms with Crippen molar-refractivity contribution in [1.82, 2.24) is 9.80 Å². The first-order chi connectivity index (χ1) is 9.66. The molecule has 1 aromatic rings. The van der Waals surface area contributed by atoms with Crippen molar-refractivity contribution < 1.29 is 9.59 Å². The van der Waals surface area contributed by atoms with Gasteiger partial charge in [0.25, 0.3) is 5.91 Å². The first kappa shape index (κ1) is 16.3. The van der Waals surface area contributed by atoms with Crippen LogP contribution in [0, 0.1) is 0 Å². The number of nitrogens with zero attached hydrogens (tertiary/aromatic N) is 2. The predicted octanol–water partition coefficient (Wildman–Crippen LogP) is 1.33. The van der Waals surface area contributed by atoms with E-state index >= 15 is 0 Å². The Morgan fingerprint density at radius 3 is 2.71 bits per heavy atom. The summed E-state index contributed by atoms with van der Waals surface area (Å²) in [5, 5.41) is 1.89. The lowest BCUT2D eigenvalue weighted by Gasteiger charge is -2.27. The molecule has 5 nitrogen and oxygen atoms in total. The summed E-state index contributed by atoms with van der Waals surface area (Å²) in [4.78, 5) is 29.3. The standard InChI is InChI=1S/C14H19N3O2S.ClH/c15-10-5-7-16(9-10)13(18)11-3-1-6-17(11)14(19)12-4-2-8-20-12;/h2,4,8,10-11H,1,3,5-7,9,15H2;1H/t10-,11?;/m1./s1. The molecule has 2 amide bonds. The van der Waals surface area contributed by atoms with E-state index in [1.54, 1.807) is 4.90 Å². The molecule has 0 aliphatic carbocycles. The number of likely N-dealkylation sites (tertiary alicyclic amines) is 2. The molecule has 0 spiro atoms. The Bertz CT molecular complexity index is 508. The minimum Gasteiger partial charge on any atom is -0.339 e. The van der Waals surface area contributed by atoms with Gasteiger partial charge in [0.2, 0.25) is 5.91 Å². The highest BCUT2D eigenvalue weighted by molar-refractivity contribution is 7.12. The van der Waals surface area contributed by atoms with Gasteiger partial charge in [0.1, 0.15) is 6.04 Å². The second kappa shape index (κ2) is 6.77. The van der Waals surface area contributed by atoms with E-state index in [-0.39, 0.29) is 36.3 Å². The van der Waals surface area contributed by atoms with Crippen LogP contribution < -0.4 is 5.73 Å². The van der Waals surface area contributed by atoms with Crippen LogP contribution in [-0.4, -0.2) is 53.3 Å². The Kier molecular flexibility index (Phi) is 5.24. The van der Waals surface area contributed by atoms with E-state index in [2.05, 4.69) is 0 Å². The van der Waals surface area contributed by atoms with Gasteiger partial charge in [0, 0.05) is 25.7 Å². The molecule has 3 rings (SSSR count). The van der Waals surface area contributed by atoms with Crippen LogP contribution in [0.3, 0.4) is 0 Å². The second-order valence-electron chi connectivity index (χ2n) is 5.47. The molecule has 3 heterocycles. The van der Waals surface area contributed by atoms with Crippen LogP contribution in [0.25, 0.3) is 0 Å². The number of nitrogens with two attached hydrogens (primary N) is 1. The van der Waals surface area contributed by atoms with Crippen molar-refractivity contribution in [2.75, 3.05) is 19.6 Å². The monoisotopic (exact) mass is 329 g/mol. The summed E-state index contributed by atoms with van der Waals surface area (Å²) in [5.74, 6) is 0.0553. The zero-order chi connectivity index (χ0) is 14.1. The molecule has 7 heteroatoms. The molecule has 1 aromatic heterocycles. The highest BCUT2D eigenvalue weighted by atomic mass is 35.5. The van der Waals surface area contributed by atoms with E-state index in [0.29, 0.717) is 18.0 Å². The first-order valence-corrected chi connectivity index (χ1v) is 7.93. The van der Waals surface area contributed by atoms with Crippen LogP contribution in [0.15, 0.2) is 17.5 Å². The van der Waals surface area contributed by atoms with Crippen molar-refractivity contribution in [2.45, 2.75) is 31.3 Å². The fourth-order valence-corrected chi connectivity index (χ4v) is 3.69.